The van der Waals surface area contributed by atoms with Gasteiger partial charge in [-0.25, -0.2) is 4.79 Å². The molecule has 0 saturated carbocycles. The summed E-state index contributed by atoms with van der Waals surface area (Å²) < 4.78 is 7.88. The lowest BCUT2D eigenvalue weighted by atomic mass is 10.5. The SMILES string of the molecule is COc1nc(N)nc2c1n(C)c(=O)n2C. The molecule has 0 saturated heterocycles. The second kappa shape index (κ2) is 2.97. The molecule has 0 aromatic carbocycles. The molecule has 2 N–H and O–H groups in total. The van der Waals surface area contributed by atoms with Crippen LogP contribution in [0.2, 0.25) is 0 Å². The number of aromatic nitrogens is 4. The molecule has 0 fully saturated rings. The number of nitrogens with two attached hydrogens (primary N) is 1. The Labute approximate surface area is 85.1 Å². The summed E-state index contributed by atoms with van der Waals surface area (Å²) in [5.41, 5.74) is 6.32. The van der Waals surface area contributed by atoms with Crippen LogP contribution in [0.3, 0.4) is 0 Å². The summed E-state index contributed by atoms with van der Waals surface area (Å²) >= 11 is 0. The maximum absolute atomic E-state index is 11.6. The van der Waals surface area contributed by atoms with Gasteiger partial charge in [0.1, 0.15) is 0 Å². The highest BCUT2D eigenvalue weighted by Gasteiger charge is 2.15. The highest BCUT2D eigenvalue weighted by Crippen LogP contribution is 2.20. The van der Waals surface area contributed by atoms with E-state index in [9.17, 15) is 4.79 Å². The topological polar surface area (TPSA) is 88.0 Å². The molecule has 2 aromatic rings. The summed E-state index contributed by atoms with van der Waals surface area (Å²) in [7, 11) is 4.72. The molecule has 2 rings (SSSR count). The molecule has 0 aliphatic heterocycles. The van der Waals surface area contributed by atoms with Crippen molar-refractivity contribution in [2.24, 2.45) is 14.1 Å². The van der Waals surface area contributed by atoms with Crippen molar-refractivity contribution in [3.8, 4) is 5.88 Å². The zero-order valence-corrected chi connectivity index (χ0v) is 8.68. The maximum atomic E-state index is 11.6. The van der Waals surface area contributed by atoms with Crippen molar-refractivity contribution in [3.63, 3.8) is 0 Å². The van der Waals surface area contributed by atoms with Gasteiger partial charge < -0.3 is 10.5 Å². The Bertz CT molecular complexity index is 583. The van der Waals surface area contributed by atoms with Crippen molar-refractivity contribution in [2.45, 2.75) is 0 Å². The zero-order valence-electron chi connectivity index (χ0n) is 8.68. The lowest BCUT2D eigenvalue weighted by molar-refractivity contribution is 0.401. The van der Waals surface area contributed by atoms with Crippen molar-refractivity contribution in [3.05, 3.63) is 10.5 Å². The van der Waals surface area contributed by atoms with Crippen molar-refractivity contribution in [1.82, 2.24) is 19.1 Å². The van der Waals surface area contributed by atoms with E-state index in [-0.39, 0.29) is 11.6 Å². The molecule has 0 aliphatic rings. The average molecular weight is 209 g/mol. The molecule has 0 atom stereocenters. The van der Waals surface area contributed by atoms with Crippen LogP contribution in [0, 0.1) is 0 Å². The molecule has 15 heavy (non-hydrogen) atoms. The number of nitrogen functional groups attached to an aromatic ring is 1. The van der Waals surface area contributed by atoms with Crippen LogP contribution in [0.15, 0.2) is 4.79 Å². The first-order chi connectivity index (χ1) is 7.06. The number of nitrogens with zero attached hydrogens (tertiary/aromatic N) is 4. The third-order valence-corrected chi connectivity index (χ3v) is 2.27. The van der Waals surface area contributed by atoms with E-state index in [0.717, 1.165) is 0 Å². The summed E-state index contributed by atoms with van der Waals surface area (Å²) in [5.74, 6) is 0.387. The van der Waals surface area contributed by atoms with Crippen LogP contribution in [0.1, 0.15) is 0 Å². The third-order valence-electron chi connectivity index (χ3n) is 2.27. The normalized spacial score (nSPS) is 10.9. The quantitative estimate of drug-likeness (QED) is 0.668. The number of ether oxygens (including phenoxy) is 1. The first kappa shape index (κ1) is 9.50. The van der Waals surface area contributed by atoms with Crippen LogP contribution >= 0.6 is 0 Å². The van der Waals surface area contributed by atoms with E-state index >= 15 is 0 Å². The van der Waals surface area contributed by atoms with Crippen molar-refractivity contribution in [1.29, 1.82) is 0 Å². The first-order valence-electron chi connectivity index (χ1n) is 4.29. The predicted molar refractivity (Wildman–Crippen MR) is 54.7 cm³/mol. The van der Waals surface area contributed by atoms with Crippen molar-refractivity contribution < 1.29 is 4.74 Å². The van der Waals surface area contributed by atoms with E-state index in [1.54, 1.807) is 14.1 Å². The molecule has 80 valence electrons. The van der Waals surface area contributed by atoms with Gasteiger partial charge in [0.25, 0.3) is 0 Å². The van der Waals surface area contributed by atoms with Crippen LogP contribution in [-0.4, -0.2) is 26.2 Å². The lowest BCUT2D eigenvalue weighted by Crippen LogP contribution is -2.19. The minimum absolute atomic E-state index is 0.0838. The van der Waals surface area contributed by atoms with Gasteiger partial charge in [-0.2, -0.15) is 9.97 Å². The fraction of sp³-hybridized carbons (Fsp3) is 0.375. The Kier molecular flexibility index (Phi) is 1.88. The summed E-state index contributed by atoms with van der Waals surface area (Å²) in [6.45, 7) is 0. The highest BCUT2D eigenvalue weighted by atomic mass is 16.5. The van der Waals surface area contributed by atoms with Gasteiger partial charge >= 0.3 is 5.69 Å². The predicted octanol–water partition coefficient (Wildman–Crippen LogP) is -0.742. The first-order valence-corrected chi connectivity index (χ1v) is 4.29. The summed E-state index contributed by atoms with van der Waals surface area (Å²) in [6.07, 6.45) is 0. The average Bonchev–Trinajstić information content (AvgIpc) is 2.43. The molecule has 7 nitrogen and oxygen atoms in total. The number of hydrogen-bond donors (Lipinski definition) is 1. The minimum atomic E-state index is -0.191. The van der Waals surface area contributed by atoms with Crippen LogP contribution in [0.4, 0.5) is 5.95 Å². The van der Waals surface area contributed by atoms with E-state index in [2.05, 4.69) is 9.97 Å². The van der Waals surface area contributed by atoms with Crippen molar-refractivity contribution in [2.75, 3.05) is 12.8 Å². The zero-order chi connectivity index (χ0) is 11.2. The largest absolute Gasteiger partial charge is 0.479 e. The number of methoxy groups -OCH3 is 1. The number of anilines is 1. The van der Waals surface area contributed by atoms with E-state index in [1.165, 1.54) is 16.2 Å². The van der Waals surface area contributed by atoms with Gasteiger partial charge in [0, 0.05) is 14.1 Å². The monoisotopic (exact) mass is 209 g/mol. The van der Waals surface area contributed by atoms with Crippen LogP contribution in [0.25, 0.3) is 11.2 Å². The van der Waals surface area contributed by atoms with Gasteiger partial charge in [-0.15, -0.1) is 0 Å². The van der Waals surface area contributed by atoms with Crippen LogP contribution in [-0.2, 0) is 14.1 Å². The summed E-state index contributed by atoms with van der Waals surface area (Å²) in [5, 5.41) is 0. The van der Waals surface area contributed by atoms with Crippen LogP contribution in [0.5, 0.6) is 5.88 Å². The smallest absolute Gasteiger partial charge is 0.329 e. The van der Waals surface area contributed by atoms with Gasteiger partial charge in [-0.1, -0.05) is 0 Å². The lowest BCUT2D eigenvalue weighted by Gasteiger charge is -2.02. The molecule has 0 aliphatic carbocycles. The molecule has 0 amide bonds. The maximum Gasteiger partial charge on any atom is 0.329 e. The molecule has 0 bridgehead atoms. The van der Waals surface area contributed by atoms with Crippen molar-refractivity contribution >= 4 is 17.1 Å². The summed E-state index contributed by atoms with van der Waals surface area (Å²) in [6, 6.07) is 0. The Morgan fingerprint density at radius 3 is 2.53 bits per heavy atom. The molecule has 0 unspecified atom stereocenters. The molecule has 0 spiro atoms. The standard InChI is InChI=1S/C8H11N5O2/c1-12-4-5(13(2)8(12)14)10-7(9)11-6(4)15-3/h1-3H3,(H2,9,10,11). The molecule has 2 aromatic heterocycles. The molecule has 2 heterocycles. The molecule has 0 radical (unpaired) electrons. The number of rotatable bonds is 1. The molecule has 7 heteroatoms. The highest BCUT2D eigenvalue weighted by molar-refractivity contribution is 5.78. The Morgan fingerprint density at radius 1 is 1.27 bits per heavy atom. The number of aryl methyl sites for hydroxylation is 2. The van der Waals surface area contributed by atoms with E-state index in [4.69, 9.17) is 10.5 Å². The Morgan fingerprint density at radius 2 is 1.93 bits per heavy atom. The fourth-order valence-corrected chi connectivity index (χ4v) is 1.52. The van der Waals surface area contributed by atoms with E-state index in [1.807, 2.05) is 0 Å². The van der Waals surface area contributed by atoms with Gasteiger partial charge in [-0.05, 0) is 0 Å². The Hall–Kier alpha value is -2.05. The van der Waals surface area contributed by atoms with E-state index in [0.29, 0.717) is 17.0 Å². The van der Waals surface area contributed by atoms with Gasteiger partial charge in [-0.3, -0.25) is 9.13 Å². The second-order valence-electron chi connectivity index (χ2n) is 3.16. The number of fused-ring (bicyclic) bond motifs is 1. The third kappa shape index (κ3) is 1.16. The van der Waals surface area contributed by atoms with Gasteiger partial charge in [0.15, 0.2) is 11.2 Å². The second-order valence-corrected chi connectivity index (χ2v) is 3.16. The van der Waals surface area contributed by atoms with Gasteiger partial charge in [0.2, 0.25) is 11.8 Å². The molecular formula is C8H11N5O2. The Balaban J connectivity index is 3.03. The van der Waals surface area contributed by atoms with E-state index < -0.39 is 0 Å². The molecular weight excluding hydrogens is 198 g/mol. The number of imidazole rings is 1. The number of hydrogen-bond acceptors (Lipinski definition) is 5. The van der Waals surface area contributed by atoms with Crippen LogP contribution < -0.4 is 16.2 Å². The van der Waals surface area contributed by atoms with Gasteiger partial charge in [0.05, 0.1) is 7.11 Å². The minimum Gasteiger partial charge on any atom is -0.479 e. The summed E-state index contributed by atoms with van der Waals surface area (Å²) in [4.78, 5) is 19.5. The fourth-order valence-electron chi connectivity index (χ4n) is 1.52.